The Kier molecular flexibility index (Phi) is 8.94. The lowest BCUT2D eigenvalue weighted by Crippen LogP contribution is -2.48. The van der Waals surface area contributed by atoms with Gasteiger partial charge in [-0.2, -0.15) is 13.2 Å². The van der Waals surface area contributed by atoms with Crippen LogP contribution in [0, 0.1) is 5.92 Å². The first-order valence-electron chi connectivity index (χ1n) is 14.4. The molecule has 2 heterocycles. The second-order valence-electron chi connectivity index (χ2n) is 10.9. The highest BCUT2D eigenvalue weighted by atomic mass is 19.4. The summed E-state index contributed by atoms with van der Waals surface area (Å²) in [4.78, 5) is 43.9. The SMILES string of the molecule is O=C(N[C@H](C(=O)N1CCCCC1)c1ccccc1)C1CCN(C(=O)c2ccccc2-c2ccc(C(F)(F)F)cc2)CC1. The average molecular weight is 578 g/mol. The third-order valence-electron chi connectivity index (χ3n) is 8.17. The predicted octanol–water partition coefficient (Wildman–Crippen LogP) is 6.09. The van der Waals surface area contributed by atoms with E-state index < -0.39 is 17.8 Å². The summed E-state index contributed by atoms with van der Waals surface area (Å²) in [5.41, 5.74) is 1.47. The van der Waals surface area contributed by atoms with E-state index in [1.165, 1.54) is 12.1 Å². The molecule has 0 unspecified atom stereocenters. The van der Waals surface area contributed by atoms with Crippen LogP contribution in [0.2, 0.25) is 0 Å². The molecule has 2 fully saturated rings. The number of nitrogens with one attached hydrogen (secondary N) is 1. The van der Waals surface area contributed by atoms with Crippen LogP contribution in [0.15, 0.2) is 78.9 Å². The van der Waals surface area contributed by atoms with Crippen molar-refractivity contribution in [2.24, 2.45) is 5.92 Å². The fraction of sp³-hybridized carbons (Fsp3) is 0.364. The van der Waals surface area contributed by atoms with Crippen molar-refractivity contribution in [1.82, 2.24) is 15.1 Å². The third kappa shape index (κ3) is 6.66. The molecule has 220 valence electrons. The molecule has 0 radical (unpaired) electrons. The molecule has 0 aromatic heterocycles. The number of carbonyl (C=O) groups is 3. The maximum absolute atomic E-state index is 13.5. The van der Waals surface area contributed by atoms with Crippen LogP contribution in [0.4, 0.5) is 13.2 Å². The van der Waals surface area contributed by atoms with Crippen LogP contribution in [-0.2, 0) is 15.8 Å². The monoisotopic (exact) mass is 577 g/mol. The Morgan fingerprint density at radius 3 is 2.00 bits per heavy atom. The molecule has 3 aromatic rings. The first kappa shape index (κ1) is 29.4. The Morgan fingerprint density at radius 2 is 1.36 bits per heavy atom. The van der Waals surface area contributed by atoms with Crippen LogP contribution in [0.1, 0.15) is 59.6 Å². The molecule has 0 saturated carbocycles. The van der Waals surface area contributed by atoms with Crippen molar-refractivity contribution in [2.45, 2.75) is 44.3 Å². The summed E-state index contributed by atoms with van der Waals surface area (Å²) in [5, 5.41) is 3.01. The van der Waals surface area contributed by atoms with Gasteiger partial charge in [0.1, 0.15) is 6.04 Å². The highest BCUT2D eigenvalue weighted by molar-refractivity contribution is 6.01. The molecule has 2 saturated heterocycles. The summed E-state index contributed by atoms with van der Waals surface area (Å²) in [6.07, 6.45) is -0.547. The van der Waals surface area contributed by atoms with E-state index in [0.29, 0.717) is 55.7 Å². The van der Waals surface area contributed by atoms with Gasteiger partial charge in [-0.1, -0.05) is 60.7 Å². The van der Waals surface area contributed by atoms with Crippen molar-refractivity contribution in [3.63, 3.8) is 0 Å². The molecule has 6 nitrogen and oxygen atoms in total. The fourth-order valence-corrected chi connectivity index (χ4v) is 5.77. The van der Waals surface area contributed by atoms with Crippen molar-refractivity contribution in [2.75, 3.05) is 26.2 Å². The Hall–Kier alpha value is -4.14. The molecule has 3 aromatic carbocycles. The second-order valence-corrected chi connectivity index (χ2v) is 10.9. The Bertz CT molecular complexity index is 1400. The van der Waals surface area contributed by atoms with Crippen molar-refractivity contribution >= 4 is 17.7 Å². The lowest BCUT2D eigenvalue weighted by Gasteiger charge is -2.34. The van der Waals surface area contributed by atoms with Gasteiger partial charge in [0.05, 0.1) is 5.56 Å². The van der Waals surface area contributed by atoms with Gasteiger partial charge in [-0.05, 0) is 67.0 Å². The van der Waals surface area contributed by atoms with Crippen LogP contribution in [0.3, 0.4) is 0 Å². The zero-order chi connectivity index (χ0) is 29.7. The van der Waals surface area contributed by atoms with Crippen molar-refractivity contribution < 1.29 is 27.6 Å². The third-order valence-corrected chi connectivity index (χ3v) is 8.17. The number of hydrogen-bond donors (Lipinski definition) is 1. The van der Waals surface area contributed by atoms with E-state index in [1.807, 2.05) is 35.2 Å². The van der Waals surface area contributed by atoms with Crippen LogP contribution >= 0.6 is 0 Å². The van der Waals surface area contributed by atoms with E-state index in [9.17, 15) is 27.6 Å². The predicted molar refractivity (Wildman–Crippen MR) is 153 cm³/mol. The Labute approximate surface area is 243 Å². The van der Waals surface area contributed by atoms with Gasteiger partial charge in [0.25, 0.3) is 5.91 Å². The van der Waals surface area contributed by atoms with Crippen molar-refractivity contribution in [3.8, 4) is 11.1 Å². The van der Waals surface area contributed by atoms with Crippen molar-refractivity contribution in [3.05, 3.63) is 95.6 Å². The molecule has 42 heavy (non-hydrogen) atoms. The Balaban J connectivity index is 1.24. The van der Waals surface area contributed by atoms with Gasteiger partial charge in [-0.25, -0.2) is 0 Å². The number of piperidine rings is 2. The van der Waals surface area contributed by atoms with Gasteiger partial charge in [0, 0.05) is 37.7 Å². The van der Waals surface area contributed by atoms with Crippen LogP contribution < -0.4 is 5.32 Å². The minimum Gasteiger partial charge on any atom is -0.341 e. The van der Waals surface area contributed by atoms with E-state index in [1.54, 1.807) is 29.2 Å². The zero-order valence-corrected chi connectivity index (χ0v) is 23.3. The van der Waals surface area contributed by atoms with Gasteiger partial charge in [0.2, 0.25) is 11.8 Å². The molecule has 1 N–H and O–H groups in total. The van der Waals surface area contributed by atoms with Gasteiger partial charge in [-0.3, -0.25) is 14.4 Å². The number of rotatable bonds is 6. The van der Waals surface area contributed by atoms with E-state index in [2.05, 4.69) is 5.32 Å². The standard InChI is InChI=1S/C33H34F3N3O3/c34-33(35,36)26-15-13-23(14-16-26)27-11-5-6-12-28(27)31(41)39-21-17-25(18-22-39)30(40)37-29(24-9-3-1-4-10-24)32(42)38-19-7-2-8-20-38/h1,3-6,9-16,25,29H,2,7-8,17-22H2,(H,37,40)/t29-/m0/s1. The number of benzene rings is 3. The molecule has 0 spiro atoms. The number of halogens is 3. The molecule has 2 aliphatic heterocycles. The topological polar surface area (TPSA) is 69.7 Å². The summed E-state index contributed by atoms with van der Waals surface area (Å²) in [5.74, 6) is -0.875. The first-order valence-corrected chi connectivity index (χ1v) is 14.4. The lowest BCUT2D eigenvalue weighted by atomic mass is 9.93. The van der Waals surface area contributed by atoms with Gasteiger partial charge < -0.3 is 15.1 Å². The first-order chi connectivity index (χ1) is 20.2. The number of likely N-dealkylation sites (tertiary alicyclic amines) is 2. The number of carbonyl (C=O) groups excluding carboxylic acids is 3. The summed E-state index contributed by atoms with van der Waals surface area (Å²) in [7, 11) is 0. The van der Waals surface area contributed by atoms with Crippen LogP contribution in [-0.4, -0.2) is 53.7 Å². The van der Waals surface area contributed by atoms with Gasteiger partial charge >= 0.3 is 6.18 Å². The molecule has 0 bridgehead atoms. The van der Waals surface area contributed by atoms with Crippen LogP contribution in [0.5, 0.6) is 0 Å². The number of nitrogens with zero attached hydrogens (tertiary/aromatic N) is 2. The van der Waals surface area contributed by atoms with E-state index in [4.69, 9.17) is 0 Å². The molecule has 2 aliphatic rings. The fourth-order valence-electron chi connectivity index (χ4n) is 5.77. The van der Waals surface area contributed by atoms with Crippen LogP contribution in [0.25, 0.3) is 11.1 Å². The Morgan fingerprint density at radius 1 is 0.738 bits per heavy atom. The highest BCUT2D eigenvalue weighted by Crippen LogP contribution is 2.32. The second kappa shape index (κ2) is 12.8. The van der Waals surface area contributed by atoms with Crippen molar-refractivity contribution in [1.29, 1.82) is 0 Å². The molecule has 9 heteroatoms. The normalized spacial score (nSPS) is 17.0. The summed E-state index contributed by atoms with van der Waals surface area (Å²) in [6.45, 7) is 2.08. The summed E-state index contributed by atoms with van der Waals surface area (Å²) >= 11 is 0. The zero-order valence-electron chi connectivity index (χ0n) is 23.3. The molecular formula is C33H34F3N3O3. The molecule has 1 atom stereocenters. The highest BCUT2D eigenvalue weighted by Gasteiger charge is 2.34. The molecular weight excluding hydrogens is 543 g/mol. The summed E-state index contributed by atoms with van der Waals surface area (Å²) in [6, 6.07) is 20.2. The lowest BCUT2D eigenvalue weighted by molar-refractivity contribution is -0.138. The number of alkyl halides is 3. The van der Waals surface area contributed by atoms with E-state index >= 15 is 0 Å². The average Bonchev–Trinajstić information content (AvgIpc) is 3.03. The maximum Gasteiger partial charge on any atom is 0.416 e. The molecule has 0 aliphatic carbocycles. The van der Waals surface area contributed by atoms with E-state index in [0.717, 1.165) is 37.0 Å². The maximum atomic E-state index is 13.5. The molecule has 3 amide bonds. The van der Waals surface area contributed by atoms with Gasteiger partial charge in [0.15, 0.2) is 0 Å². The number of amides is 3. The summed E-state index contributed by atoms with van der Waals surface area (Å²) < 4.78 is 39.1. The minimum atomic E-state index is -4.44. The quantitative estimate of drug-likeness (QED) is 0.385. The van der Waals surface area contributed by atoms with Gasteiger partial charge in [-0.15, -0.1) is 0 Å². The number of hydrogen-bond acceptors (Lipinski definition) is 3. The van der Waals surface area contributed by atoms with E-state index in [-0.39, 0.29) is 23.6 Å². The minimum absolute atomic E-state index is 0.0956. The molecule has 5 rings (SSSR count). The smallest absolute Gasteiger partial charge is 0.341 e. The largest absolute Gasteiger partial charge is 0.416 e.